The molecule has 4 aromatic rings. The normalized spacial score (nSPS) is 10.9. The van der Waals surface area contributed by atoms with Gasteiger partial charge in [0.2, 0.25) is 0 Å². The van der Waals surface area contributed by atoms with Crippen molar-refractivity contribution in [1.29, 1.82) is 0 Å². The monoisotopic (exact) mass is 458 g/mol. The number of nitro groups is 1. The Hall–Kier alpha value is -4.20. The van der Waals surface area contributed by atoms with E-state index in [0.29, 0.717) is 30.0 Å². The molecular weight excluding hydrogens is 432 g/mol. The number of ether oxygens (including phenoxy) is 1. The summed E-state index contributed by atoms with van der Waals surface area (Å²) in [6.07, 6.45) is 0. The van der Waals surface area contributed by atoms with Crippen molar-refractivity contribution in [3.05, 3.63) is 98.9 Å². The molecule has 0 fully saturated rings. The summed E-state index contributed by atoms with van der Waals surface area (Å²) in [5.74, 6) is 0.732. The number of hydrogen-bond acceptors (Lipinski definition) is 5. The highest BCUT2D eigenvalue weighted by Crippen LogP contribution is 2.24. The first-order chi connectivity index (χ1) is 16.3. The van der Waals surface area contributed by atoms with Crippen molar-refractivity contribution in [2.24, 2.45) is 0 Å². The minimum atomic E-state index is -0.405. The van der Waals surface area contributed by atoms with Crippen molar-refractivity contribution < 1.29 is 14.5 Å². The van der Waals surface area contributed by atoms with Crippen molar-refractivity contribution in [2.45, 2.75) is 26.9 Å². The van der Waals surface area contributed by atoms with Gasteiger partial charge in [-0.2, -0.15) is 5.10 Å². The van der Waals surface area contributed by atoms with E-state index < -0.39 is 4.92 Å². The molecule has 0 saturated heterocycles. The number of carbonyl (C=O) groups excluding carboxylic acids is 1. The SMILES string of the molecule is COc1ccc2cc(CN(C)C(=O)c3ccc(Cn4nc(C)c([N+](=O)[O-])c4C)cc3)ccc2c1. The highest BCUT2D eigenvalue weighted by atomic mass is 16.6. The average Bonchev–Trinajstić information content (AvgIpc) is 3.11. The maximum absolute atomic E-state index is 13.0. The molecule has 0 aliphatic rings. The molecule has 0 spiro atoms. The molecule has 0 unspecified atom stereocenters. The number of rotatable bonds is 7. The van der Waals surface area contributed by atoms with E-state index in [4.69, 9.17) is 4.74 Å². The number of methoxy groups -OCH3 is 1. The summed E-state index contributed by atoms with van der Waals surface area (Å²) in [6, 6.07) is 19.3. The van der Waals surface area contributed by atoms with Crippen LogP contribution >= 0.6 is 0 Å². The van der Waals surface area contributed by atoms with Gasteiger partial charge in [0.25, 0.3) is 5.91 Å². The number of fused-ring (bicyclic) bond motifs is 1. The van der Waals surface area contributed by atoms with E-state index in [0.717, 1.165) is 27.6 Å². The minimum Gasteiger partial charge on any atom is -0.497 e. The lowest BCUT2D eigenvalue weighted by atomic mass is 10.1. The maximum atomic E-state index is 13.0. The van der Waals surface area contributed by atoms with Gasteiger partial charge in [-0.25, -0.2) is 0 Å². The third kappa shape index (κ3) is 4.61. The summed E-state index contributed by atoms with van der Waals surface area (Å²) in [7, 11) is 3.43. The molecule has 1 amide bonds. The zero-order chi connectivity index (χ0) is 24.4. The lowest BCUT2D eigenvalue weighted by Gasteiger charge is -2.18. The zero-order valence-corrected chi connectivity index (χ0v) is 19.6. The molecule has 1 aromatic heterocycles. The predicted molar refractivity (Wildman–Crippen MR) is 130 cm³/mol. The number of nitrogens with zero attached hydrogens (tertiary/aromatic N) is 4. The first-order valence-electron chi connectivity index (χ1n) is 10.9. The summed E-state index contributed by atoms with van der Waals surface area (Å²) in [6.45, 7) is 4.20. The number of aryl methyl sites for hydroxylation is 1. The average molecular weight is 459 g/mol. The number of aromatic nitrogens is 2. The third-order valence-corrected chi connectivity index (χ3v) is 5.94. The maximum Gasteiger partial charge on any atom is 0.312 e. The van der Waals surface area contributed by atoms with Crippen molar-refractivity contribution in [1.82, 2.24) is 14.7 Å². The first kappa shape index (κ1) is 23.0. The molecule has 0 atom stereocenters. The molecule has 0 aliphatic carbocycles. The van der Waals surface area contributed by atoms with Crippen LogP contribution < -0.4 is 4.74 Å². The Kier molecular flexibility index (Phi) is 6.32. The Balaban J connectivity index is 1.44. The molecule has 0 bridgehead atoms. The zero-order valence-electron chi connectivity index (χ0n) is 19.6. The van der Waals surface area contributed by atoms with Gasteiger partial charge in [-0.1, -0.05) is 30.3 Å². The van der Waals surface area contributed by atoms with Crippen LogP contribution in [-0.4, -0.2) is 39.7 Å². The molecule has 8 nitrogen and oxygen atoms in total. The number of benzene rings is 3. The fourth-order valence-corrected chi connectivity index (χ4v) is 4.10. The second kappa shape index (κ2) is 9.35. The molecule has 4 rings (SSSR count). The van der Waals surface area contributed by atoms with Crippen molar-refractivity contribution in [2.75, 3.05) is 14.2 Å². The van der Waals surface area contributed by atoms with Crippen LogP contribution in [0.4, 0.5) is 5.69 Å². The van der Waals surface area contributed by atoms with Gasteiger partial charge in [-0.15, -0.1) is 0 Å². The molecular formula is C26H26N4O4. The summed E-state index contributed by atoms with van der Waals surface area (Å²) in [4.78, 5) is 25.5. The standard InChI is InChI=1S/C26H26N4O4/c1-17-25(30(32)33)18(2)29(27-17)16-19-5-8-21(9-6-19)26(31)28(3)15-20-7-10-23-14-24(34-4)12-11-22(23)13-20/h5-14H,15-16H2,1-4H3. The van der Waals surface area contributed by atoms with E-state index in [1.807, 2.05) is 42.5 Å². The summed E-state index contributed by atoms with van der Waals surface area (Å²) in [5, 5.41) is 17.7. The number of carbonyl (C=O) groups is 1. The van der Waals surface area contributed by atoms with Crippen LogP contribution in [0.25, 0.3) is 10.8 Å². The third-order valence-electron chi connectivity index (χ3n) is 5.94. The van der Waals surface area contributed by atoms with Crippen molar-refractivity contribution >= 4 is 22.4 Å². The Morgan fingerprint density at radius 1 is 1.03 bits per heavy atom. The van der Waals surface area contributed by atoms with Crippen molar-refractivity contribution in [3.63, 3.8) is 0 Å². The lowest BCUT2D eigenvalue weighted by molar-refractivity contribution is -0.386. The summed E-state index contributed by atoms with van der Waals surface area (Å²) < 4.78 is 6.89. The van der Waals surface area contributed by atoms with Gasteiger partial charge in [0, 0.05) is 19.2 Å². The van der Waals surface area contributed by atoms with E-state index in [-0.39, 0.29) is 11.6 Å². The van der Waals surface area contributed by atoms with Gasteiger partial charge < -0.3 is 9.64 Å². The highest BCUT2D eigenvalue weighted by molar-refractivity contribution is 5.94. The van der Waals surface area contributed by atoms with Gasteiger partial charge in [0.15, 0.2) is 0 Å². The second-order valence-corrected chi connectivity index (χ2v) is 8.34. The van der Waals surface area contributed by atoms with Crippen LogP contribution in [0.5, 0.6) is 5.75 Å². The number of amides is 1. The number of hydrogen-bond donors (Lipinski definition) is 0. The molecule has 1 heterocycles. The summed E-state index contributed by atoms with van der Waals surface area (Å²) in [5.41, 5.74) is 3.47. The molecule has 34 heavy (non-hydrogen) atoms. The van der Waals surface area contributed by atoms with Crippen LogP contribution in [-0.2, 0) is 13.1 Å². The highest BCUT2D eigenvalue weighted by Gasteiger charge is 2.21. The Morgan fingerprint density at radius 3 is 2.32 bits per heavy atom. The lowest BCUT2D eigenvalue weighted by Crippen LogP contribution is -2.26. The molecule has 0 saturated carbocycles. The van der Waals surface area contributed by atoms with Gasteiger partial charge in [0.1, 0.15) is 17.1 Å². The fraction of sp³-hybridized carbons (Fsp3) is 0.231. The van der Waals surface area contributed by atoms with Crippen LogP contribution in [0.1, 0.15) is 32.9 Å². The van der Waals surface area contributed by atoms with E-state index in [1.54, 1.807) is 49.7 Å². The summed E-state index contributed by atoms with van der Waals surface area (Å²) >= 11 is 0. The van der Waals surface area contributed by atoms with Gasteiger partial charge in [0.05, 0.1) is 18.6 Å². The van der Waals surface area contributed by atoms with Crippen LogP contribution in [0.3, 0.4) is 0 Å². The Bertz CT molecular complexity index is 1380. The molecule has 0 aliphatic heterocycles. The van der Waals surface area contributed by atoms with E-state index in [9.17, 15) is 14.9 Å². The largest absolute Gasteiger partial charge is 0.497 e. The molecule has 8 heteroatoms. The van der Waals surface area contributed by atoms with Crippen molar-refractivity contribution in [3.8, 4) is 5.75 Å². The van der Waals surface area contributed by atoms with Crippen LogP contribution in [0.2, 0.25) is 0 Å². The Labute approximate surface area is 197 Å². The minimum absolute atomic E-state index is 0.0428. The Morgan fingerprint density at radius 2 is 1.68 bits per heavy atom. The van der Waals surface area contributed by atoms with Crippen LogP contribution in [0.15, 0.2) is 60.7 Å². The topological polar surface area (TPSA) is 90.5 Å². The van der Waals surface area contributed by atoms with E-state index in [2.05, 4.69) is 11.2 Å². The fourth-order valence-electron chi connectivity index (χ4n) is 4.10. The van der Waals surface area contributed by atoms with Gasteiger partial charge in [-0.05, 0) is 66.1 Å². The van der Waals surface area contributed by atoms with E-state index in [1.165, 1.54) is 0 Å². The smallest absolute Gasteiger partial charge is 0.312 e. The quantitative estimate of drug-likeness (QED) is 0.290. The molecule has 0 radical (unpaired) electrons. The molecule has 0 N–H and O–H groups in total. The van der Waals surface area contributed by atoms with Crippen LogP contribution in [0, 0.1) is 24.0 Å². The van der Waals surface area contributed by atoms with E-state index >= 15 is 0 Å². The second-order valence-electron chi connectivity index (χ2n) is 8.34. The molecule has 174 valence electrons. The molecule has 3 aromatic carbocycles. The van der Waals surface area contributed by atoms with Gasteiger partial charge >= 0.3 is 5.69 Å². The predicted octanol–water partition coefficient (Wildman–Crippen LogP) is 4.89. The van der Waals surface area contributed by atoms with Gasteiger partial charge in [-0.3, -0.25) is 19.6 Å². The first-order valence-corrected chi connectivity index (χ1v) is 10.9.